The number of hydrogen-bond donors (Lipinski definition) is 2. The summed E-state index contributed by atoms with van der Waals surface area (Å²) in [6.45, 7) is 0. The predicted molar refractivity (Wildman–Crippen MR) is 77.4 cm³/mol. The zero-order chi connectivity index (χ0) is 15.2. The number of furan rings is 1. The minimum Gasteiger partial charge on any atom is -0.480 e. The van der Waals surface area contributed by atoms with Crippen molar-refractivity contribution in [3.63, 3.8) is 0 Å². The molecule has 0 unspecified atom stereocenters. The van der Waals surface area contributed by atoms with Crippen LogP contribution in [0.25, 0.3) is 0 Å². The molecule has 21 heavy (non-hydrogen) atoms. The van der Waals surface area contributed by atoms with E-state index in [9.17, 15) is 14.7 Å². The number of carboxylic acid groups (broad SMARTS) is 1. The lowest BCUT2D eigenvalue weighted by Crippen LogP contribution is -2.41. The molecule has 1 heterocycles. The van der Waals surface area contributed by atoms with E-state index >= 15 is 0 Å². The van der Waals surface area contributed by atoms with Crippen LogP contribution in [0.5, 0.6) is 0 Å². The topological polar surface area (TPSA) is 79.5 Å². The second-order valence-electron chi connectivity index (χ2n) is 4.49. The van der Waals surface area contributed by atoms with Crippen molar-refractivity contribution in [3.05, 3.63) is 59.0 Å². The molecule has 0 aliphatic heterocycles. The predicted octanol–water partition coefficient (Wildman–Crippen LogP) is 2.75. The van der Waals surface area contributed by atoms with Crippen molar-refractivity contribution < 1.29 is 19.1 Å². The largest absolute Gasteiger partial charge is 0.480 e. The standard InChI is InChI=1S/C15H14ClNO4/c16-13-9-8-12(21-13)14(18)17-11(15(19)20)7-6-10-4-2-1-3-5-10/h1-5,8-9,11H,6-7H2,(H,17,18)(H,19,20)/t11-/m0/s1. The summed E-state index contributed by atoms with van der Waals surface area (Å²) in [6.07, 6.45) is 0.844. The summed E-state index contributed by atoms with van der Waals surface area (Å²) in [7, 11) is 0. The van der Waals surface area contributed by atoms with E-state index in [4.69, 9.17) is 16.0 Å². The van der Waals surface area contributed by atoms with Crippen LogP contribution in [0, 0.1) is 0 Å². The minimum absolute atomic E-state index is 0.00837. The van der Waals surface area contributed by atoms with Gasteiger partial charge in [0.25, 0.3) is 5.91 Å². The molecule has 110 valence electrons. The number of aliphatic carboxylic acids is 1. The van der Waals surface area contributed by atoms with Gasteiger partial charge in [0.15, 0.2) is 11.0 Å². The van der Waals surface area contributed by atoms with Gasteiger partial charge in [0, 0.05) is 0 Å². The third-order valence-electron chi connectivity index (χ3n) is 2.96. The summed E-state index contributed by atoms with van der Waals surface area (Å²) in [5.74, 6) is -1.69. The van der Waals surface area contributed by atoms with Crippen LogP contribution in [0.1, 0.15) is 22.5 Å². The first-order valence-electron chi connectivity index (χ1n) is 6.39. The summed E-state index contributed by atoms with van der Waals surface area (Å²) in [5.41, 5.74) is 1.01. The van der Waals surface area contributed by atoms with Gasteiger partial charge >= 0.3 is 5.97 Å². The van der Waals surface area contributed by atoms with Crippen molar-refractivity contribution >= 4 is 23.5 Å². The molecule has 0 spiro atoms. The molecule has 0 aliphatic rings. The molecule has 2 aromatic rings. The Morgan fingerprint density at radius 3 is 2.48 bits per heavy atom. The molecule has 1 aromatic heterocycles. The lowest BCUT2D eigenvalue weighted by molar-refractivity contribution is -0.139. The Kier molecular flexibility index (Phi) is 5.00. The second-order valence-corrected chi connectivity index (χ2v) is 4.86. The Balaban J connectivity index is 1.96. The molecule has 0 radical (unpaired) electrons. The summed E-state index contributed by atoms with van der Waals surface area (Å²) in [4.78, 5) is 23.1. The van der Waals surface area contributed by atoms with Crippen LogP contribution in [-0.2, 0) is 11.2 Å². The van der Waals surface area contributed by atoms with Gasteiger partial charge in [-0.3, -0.25) is 4.79 Å². The Bertz CT molecular complexity index is 624. The van der Waals surface area contributed by atoms with Crippen LogP contribution < -0.4 is 5.32 Å². The SMILES string of the molecule is O=C(N[C@@H](CCc1ccccc1)C(=O)O)c1ccc(Cl)o1. The lowest BCUT2D eigenvalue weighted by Gasteiger charge is -2.13. The zero-order valence-electron chi connectivity index (χ0n) is 11.1. The third-order valence-corrected chi connectivity index (χ3v) is 3.17. The maximum Gasteiger partial charge on any atom is 0.326 e. The number of halogens is 1. The number of hydrogen-bond acceptors (Lipinski definition) is 3. The molecular formula is C15H14ClNO4. The van der Waals surface area contributed by atoms with Gasteiger partial charge in [-0.2, -0.15) is 0 Å². The monoisotopic (exact) mass is 307 g/mol. The van der Waals surface area contributed by atoms with E-state index in [0.29, 0.717) is 12.8 Å². The molecule has 1 aromatic carbocycles. The quantitative estimate of drug-likeness (QED) is 0.860. The smallest absolute Gasteiger partial charge is 0.326 e. The summed E-state index contributed by atoms with van der Waals surface area (Å²) in [5, 5.41) is 11.7. The fourth-order valence-corrected chi connectivity index (χ4v) is 2.02. The molecule has 1 amide bonds. The molecule has 0 fully saturated rings. The van der Waals surface area contributed by atoms with Crippen LogP contribution in [0.2, 0.25) is 5.22 Å². The Morgan fingerprint density at radius 2 is 1.90 bits per heavy atom. The average Bonchev–Trinajstić information content (AvgIpc) is 2.90. The van der Waals surface area contributed by atoms with Crippen molar-refractivity contribution in [2.75, 3.05) is 0 Å². The summed E-state index contributed by atoms with van der Waals surface area (Å²) >= 11 is 5.58. The molecule has 0 aliphatic carbocycles. The summed E-state index contributed by atoms with van der Waals surface area (Å²) in [6, 6.07) is 11.3. The first-order chi connectivity index (χ1) is 10.1. The van der Waals surface area contributed by atoms with E-state index in [2.05, 4.69) is 5.32 Å². The number of carbonyl (C=O) groups excluding carboxylic acids is 1. The highest BCUT2D eigenvalue weighted by molar-refractivity contribution is 6.29. The van der Waals surface area contributed by atoms with Crippen molar-refractivity contribution in [2.24, 2.45) is 0 Å². The number of benzene rings is 1. The van der Waals surface area contributed by atoms with Crippen LogP contribution >= 0.6 is 11.6 Å². The Morgan fingerprint density at radius 1 is 1.19 bits per heavy atom. The maximum atomic E-state index is 11.9. The fraction of sp³-hybridized carbons (Fsp3) is 0.200. The first kappa shape index (κ1) is 15.1. The van der Waals surface area contributed by atoms with Crippen LogP contribution in [-0.4, -0.2) is 23.0 Å². The van der Waals surface area contributed by atoms with Gasteiger partial charge in [-0.05, 0) is 42.1 Å². The van der Waals surface area contributed by atoms with Crippen LogP contribution in [0.4, 0.5) is 0 Å². The normalized spacial score (nSPS) is 11.9. The summed E-state index contributed by atoms with van der Waals surface area (Å²) < 4.78 is 4.95. The van der Waals surface area contributed by atoms with Crippen molar-refractivity contribution in [1.82, 2.24) is 5.32 Å². The fourth-order valence-electron chi connectivity index (χ4n) is 1.88. The van der Waals surface area contributed by atoms with Crippen molar-refractivity contribution in [2.45, 2.75) is 18.9 Å². The minimum atomic E-state index is -1.09. The zero-order valence-corrected chi connectivity index (χ0v) is 11.8. The molecule has 2 N–H and O–H groups in total. The number of amides is 1. The molecule has 0 saturated carbocycles. The highest BCUT2D eigenvalue weighted by Gasteiger charge is 2.22. The van der Waals surface area contributed by atoms with Crippen molar-refractivity contribution in [3.8, 4) is 0 Å². The number of aryl methyl sites for hydroxylation is 1. The van der Waals surface area contributed by atoms with Crippen molar-refractivity contribution in [1.29, 1.82) is 0 Å². The molecular weight excluding hydrogens is 294 g/mol. The van der Waals surface area contributed by atoms with Gasteiger partial charge in [-0.25, -0.2) is 4.79 Å². The number of nitrogens with one attached hydrogen (secondary N) is 1. The van der Waals surface area contributed by atoms with Crippen LogP contribution in [0.15, 0.2) is 46.9 Å². The third kappa shape index (κ3) is 4.36. The Labute approximate surface area is 126 Å². The molecule has 0 bridgehead atoms. The van der Waals surface area contributed by atoms with E-state index in [1.165, 1.54) is 12.1 Å². The number of carboxylic acids is 1. The van der Waals surface area contributed by atoms with Gasteiger partial charge in [0.05, 0.1) is 0 Å². The van der Waals surface area contributed by atoms with Gasteiger partial charge in [0.2, 0.25) is 0 Å². The highest BCUT2D eigenvalue weighted by Crippen LogP contribution is 2.13. The van der Waals surface area contributed by atoms with E-state index in [-0.39, 0.29) is 11.0 Å². The van der Waals surface area contributed by atoms with E-state index < -0.39 is 17.9 Å². The van der Waals surface area contributed by atoms with Gasteiger partial charge in [0.1, 0.15) is 6.04 Å². The number of carbonyl (C=O) groups is 2. The Hall–Kier alpha value is -2.27. The van der Waals surface area contributed by atoms with Crippen LogP contribution in [0.3, 0.4) is 0 Å². The number of rotatable bonds is 6. The van der Waals surface area contributed by atoms with Gasteiger partial charge in [-0.1, -0.05) is 30.3 Å². The van der Waals surface area contributed by atoms with E-state index in [1.807, 2.05) is 30.3 Å². The second kappa shape index (κ2) is 6.95. The first-order valence-corrected chi connectivity index (χ1v) is 6.77. The highest BCUT2D eigenvalue weighted by atomic mass is 35.5. The van der Waals surface area contributed by atoms with Gasteiger partial charge in [-0.15, -0.1) is 0 Å². The lowest BCUT2D eigenvalue weighted by atomic mass is 10.1. The van der Waals surface area contributed by atoms with E-state index in [1.54, 1.807) is 0 Å². The molecule has 0 saturated heterocycles. The molecule has 2 rings (SSSR count). The van der Waals surface area contributed by atoms with E-state index in [0.717, 1.165) is 5.56 Å². The molecule has 6 heteroatoms. The molecule has 1 atom stereocenters. The maximum absolute atomic E-state index is 11.9. The molecule has 5 nitrogen and oxygen atoms in total. The van der Waals surface area contributed by atoms with Gasteiger partial charge < -0.3 is 14.8 Å². The average molecular weight is 308 g/mol.